The maximum Gasteiger partial charge on any atom is 0.166 e. The Bertz CT molecular complexity index is 5320. The van der Waals surface area contributed by atoms with Gasteiger partial charge in [-0.25, -0.2) is 15.0 Å². The number of para-hydroxylation sites is 4. The highest BCUT2D eigenvalue weighted by Crippen LogP contribution is 2.45. The van der Waals surface area contributed by atoms with Crippen molar-refractivity contribution in [3.63, 3.8) is 0 Å². The fourth-order valence-corrected chi connectivity index (χ4v) is 14.5. The van der Waals surface area contributed by atoms with Gasteiger partial charge in [0.1, 0.15) is 0 Å². The molecule has 6 aromatic heterocycles. The fourth-order valence-electron chi connectivity index (χ4n) is 12.3. The van der Waals surface area contributed by atoms with E-state index in [0.29, 0.717) is 17.5 Å². The van der Waals surface area contributed by atoms with Gasteiger partial charge in [0.25, 0.3) is 0 Å². The fraction of sp³-hybridized carbons (Fsp3) is 0. The third kappa shape index (κ3) is 7.53. The first kappa shape index (κ1) is 46.5. The number of fused-ring (bicyclic) bond motifs is 12. The van der Waals surface area contributed by atoms with E-state index in [1.165, 1.54) is 95.2 Å². The topological polar surface area (TPSA) is 61.4 Å². The molecule has 11 aromatic carbocycles. The van der Waals surface area contributed by atoms with E-state index in [4.69, 9.17) is 19.9 Å². The molecule has 0 unspecified atom stereocenters. The predicted molar refractivity (Wildman–Crippen MR) is 345 cm³/mol. The molecule has 82 heavy (non-hydrogen) atoms. The monoisotopic (exact) mass is 1080 g/mol. The normalized spacial score (nSPS) is 11.9. The Kier molecular flexibility index (Phi) is 10.6. The van der Waals surface area contributed by atoms with E-state index in [1.54, 1.807) is 0 Å². The van der Waals surface area contributed by atoms with Crippen LogP contribution in [0.2, 0.25) is 0 Å². The van der Waals surface area contributed by atoms with E-state index < -0.39 is 0 Å². The van der Waals surface area contributed by atoms with Gasteiger partial charge in [-0.15, -0.1) is 22.7 Å². The van der Waals surface area contributed by atoms with E-state index in [9.17, 15) is 0 Å². The lowest BCUT2D eigenvalue weighted by atomic mass is 9.97. The summed E-state index contributed by atoms with van der Waals surface area (Å²) in [5, 5.41) is 9.92. The minimum atomic E-state index is 0.553. The van der Waals surface area contributed by atoms with Gasteiger partial charge >= 0.3 is 0 Å². The molecule has 382 valence electrons. The van der Waals surface area contributed by atoms with Crippen LogP contribution in [0.15, 0.2) is 267 Å². The molecule has 0 spiro atoms. The van der Waals surface area contributed by atoms with E-state index in [2.05, 4.69) is 234 Å². The van der Waals surface area contributed by atoms with Crippen LogP contribution >= 0.6 is 22.7 Å². The van der Waals surface area contributed by atoms with Crippen molar-refractivity contribution >= 4 is 107 Å². The average molecular weight is 1080 g/mol. The molecule has 0 amide bonds. The van der Waals surface area contributed by atoms with Crippen molar-refractivity contribution < 1.29 is 0 Å². The minimum Gasteiger partial charge on any atom is -0.309 e. The number of aromatic nitrogens is 6. The molecular formula is C74H44N6S2. The molecule has 17 aromatic rings. The van der Waals surface area contributed by atoms with Crippen LogP contribution in [-0.2, 0) is 0 Å². The first-order chi connectivity index (χ1) is 40.6. The van der Waals surface area contributed by atoms with Gasteiger partial charge in [0, 0.05) is 107 Å². The highest BCUT2D eigenvalue weighted by Gasteiger charge is 2.22. The molecule has 6 heterocycles. The van der Waals surface area contributed by atoms with Gasteiger partial charge in [-0.3, -0.25) is 4.98 Å². The van der Waals surface area contributed by atoms with Crippen molar-refractivity contribution in [1.82, 2.24) is 29.1 Å². The van der Waals surface area contributed by atoms with Crippen LogP contribution in [0.3, 0.4) is 0 Å². The molecular weight excluding hydrogens is 1040 g/mol. The van der Waals surface area contributed by atoms with Crippen molar-refractivity contribution in [3.05, 3.63) is 267 Å². The van der Waals surface area contributed by atoms with Gasteiger partial charge in [0.15, 0.2) is 17.5 Å². The largest absolute Gasteiger partial charge is 0.309 e. The molecule has 0 N–H and O–H groups in total. The third-order valence-corrected chi connectivity index (χ3v) is 18.5. The Balaban J connectivity index is 0.798. The molecule has 0 radical (unpaired) electrons. The smallest absolute Gasteiger partial charge is 0.166 e. The zero-order valence-corrected chi connectivity index (χ0v) is 45.5. The van der Waals surface area contributed by atoms with Gasteiger partial charge in [-0.2, -0.15) is 0 Å². The number of pyridine rings is 1. The molecule has 0 bridgehead atoms. The lowest BCUT2D eigenvalue weighted by molar-refractivity contribution is 1.07. The molecule has 0 aliphatic heterocycles. The summed E-state index contributed by atoms with van der Waals surface area (Å²) in [6.07, 6.45) is 2.00. The standard InChI is InChI=1S/C74H44N6S2/c1-5-17-47(18-6-1)72-76-73(48-19-7-2-8-20-48)78-74(77-72)62-39-51(44-75-71(62)50-34-36-68-59(38-50)61-41-57-55-26-14-16-28-64(55)80(53-23-11-4-12-24-53)66(57)43-70(61)82-68)46-31-29-45(30-32-46)49-33-35-67-58(37-49)60-40-56-54-25-13-15-27-63(54)79(52-21-9-3-10-22-52)65(56)42-69(60)81-67/h1-44H. The molecule has 0 aliphatic rings. The summed E-state index contributed by atoms with van der Waals surface area (Å²) in [7, 11) is 0. The van der Waals surface area contributed by atoms with Crippen molar-refractivity contribution in [3.8, 4) is 79.0 Å². The molecule has 0 saturated heterocycles. The number of hydrogen-bond donors (Lipinski definition) is 0. The number of nitrogens with zero attached hydrogens (tertiary/aromatic N) is 6. The first-order valence-corrected chi connectivity index (χ1v) is 29.1. The van der Waals surface area contributed by atoms with Crippen LogP contribution in [0.5, 0.6) is 0 Å². The van der Waals surface area contributed by atoms with E-state index in [0.717, 1.165) is 50.3 Å². The van der Waals surface area contributed by atoms with Gasteiger partial charge in [0.05, 0.1) is 27.8 Å². The van der Waals surface area contributed by atoms with Crippen LogP contribution in [0.4, 0.5) is 0 Å². The zero-order chi connectivity index (χ0) is 53.8. The second-order valence-corrected chi connectivity index (χ2v) is 23.1. The predicted octanol–water partition coefficient (Wildman–Crippen LogP) is 20.2. The third-order valence-electron chi connectivity index (χ3n) is 16.2. The first-order valence-electron chi connectivity index (χ1n) is 27.5. The van der Waals surface area contributed by atoms with E-state index >= 15 is 0 Å². The van der Waals surface area contributed by atoms with Crippen molar-refractivity contribution in [2.24, 2.45) is 0 Å². The Labute approximate surface area is 478 Å². The summed E-state index contributed by atoms with van der Waals surface area (Å²) in [5.41, 5.74) is 15.9. The average Bonchev–Trinajstić information content (AvgIpc) is 4.41. The SMILES string of the molecule is c1ccc(-c2nc(-c3ccccc3)nc(-c3cc(-c4ccc(-c5ccc6sc7cc8c(cc7c6c5)c5ccccc5n8-c5ccccc5)cc4)cnc3-c3ccc4sc5cc6c(cc5c4c3)c3ccccc3n6-c3ccccc3)n2)cc1. The van der Waals surface area contributed by atoms with Crippen LogP contribution in [0.1, 0.15) is 0 Å². The molecule has 0 saturated carbocycles. The summed E-state index contributed by atoms with van der Waals surface area (Å²) < 4.78 is 9.79. The number of hydrogen-bond acceptors (Lipinski definition) is 6. The molecule has 17 rings (SSSR count). The Morgan fingerprint density at radius 3 is 1.20 bits per heavy atom. The Morgan fingerprint density at radius 2 is 0.671 bits per heavy atom. The van der Waals surface area contributed by atoms with Gasteiger partial charge < -0.3 is 9.13 Å². The molecule has 0 aliphatic carbocycles. The maximum absolute atomic E-state index is 5.40. The minimum absolute atomic E-state index is 0.553. The summed E-state index contributed by atoms with van der Waals surface area (Å²) >= 11 is 3.69. The summed E-state index contributed by atoms with van der Waals surface area (Å²) in [4.78, 5) is 21.1. The van der Waals surface area contributed by atoms with Crippen LogP contribution < -0.4 is 0 Å². The quantitative estimate of drug-likeness (QED) is 0.152. The number of rotatable bonds is 8. The highest BCUT2D eigenvalue weighted by atomic mass is 32.1. The lowest BCUT2D eigenvalue weighted by Gasteiger charge is -2.14. The Hall–Kier alpha value is -10.4. The van der Waals surface area contributed by atoms with Crippen LogP contribution in [0.25, 0.3) is 163 Å². The number of thiophene rings is 2. The van der Waals surface area contributed by atoms with Crippen molar-refractivity contribution in [2.75, 3.05) is 0 Å². The van der Waals surface area contributed by atoms with E-state index in [-0.39, 0.29) is 0 Å². The second kappa shape index (κ2) is 18.6. The van der Waals surface area contributed by atoms with Crippen molar-refractivity contribution in [2.45, 2.75) is 0 Å². The zero-order valence-electron chi connectivity index (χ0n) is 43.9. The van der Waals surface area contributed by atoms with Gasteiger partial charge in [0.2, 0.25) is 0 Å². The molecule has 8 heteroatoms. The summed E-state index contributed by atoms with van der Waals surface area (Å²) in [6.45, 7) is 0. The van der Waals surface area contributed by atoms with Gasteiger partial charge in [-0.05, 0) is 108 Å². The summed E-state index contributed by atoms with van der Waals surface area (Å²) in [5.74, 6) is 1.75. The van der Waals surface area contributed by atoms with Crippen molar-refractivity contribution in [1.29, 1.82) is 0 Å². The van der Waals surface area contributed by atoms with E-state index in [1.807, 2.05) is 65.3 Å². The molecule has 0 atom stereocenters. The van der Waals surface area contributed by atoms with Crippen LogP contribution in [0, 0.1) is 0 Å². The maximum atomic E-state index is 5.40. The van der Waals surface area contributed by atoms with Gasteiger partial charge in [-0.1, -0.05) is 170 Å². The van der Waals surface area contributed by atoms with Crippen LogP contribution in [-0.4, -0.2) is 29.1 Å². The molecule has 0 fully saturated rings. The Morgan fingerprint density at radius 1 is 0.256 bits per heavy atom. The summed E-state index contributed by atoms with van der Waals surface area (Å²) in [6, 6.07) is 93.6. The lowest BCUT2D eigenvalue weighted by Crippen LogP contribution is -2.02. The second-order valence-electron chi connectivity index (χ2n) is 21.0. The molecule has 6 nitrogen and oxygen atoms in total. The number of benzene rings is 11. The highest BCUT2D eigenvalue weighted by molar-refractivity contribution is 7.26.